The number of fused-ring (bicyclic) bond motifs is 2. The molecule has 0 aromatic heterocycles. The number of methoxy groups -OCH3 is 1. The topological polar surface area (TPSA) is 106 Å². The Balaban J connectivity index is 0.000000267. The lowest BCUT2D eigenvalue weighted by atomic mass is 9.92. The number of rotatable bonds is 10. The van der Waals surface area contributed by atoms with E-state index in [0.29, 0.717) is 12.8 Å². The lowest BCUT2D eigenvalue weighted by Gasteiger charge is -2.40. The fourth-order valence-electron chi connectivity index (χ4n) is 7.36. The smallest absolute Gasteiger partial charge is 0.417 e. The van der Waals surface area contributed by atoms with Crippen LogP contribution in [-0.2, 0) is 26.7 Å². The third kappa shape index (κ3) is 9.63. The molecule has 1 fully saturated rings. The Morgan fingerprint density at radius 2 is 1.21 bits per heavy atom. The Bertz CT molecular complexity index is 1920. The summed E-state index contributed by atoms with van der Waals surface area (Å²) in [5, 5.41) is 0. The van der Waals surface area contributed by atoms with Crippen LogP contribution in [0.3, 0.4) is 0 Å². The van der Waals surface area contributed by atoms with Gasteiger partial charge in [0, 0.05) is 25.2 Å². The SMILES string of the molecule is C=CCCN1C(=O)C(C)(C)Oc2cc(C(F)(F)F)c(C(=O)N(C(C)C)C3CCCCC3)cc21.C=CCCN1C(=O)C(C)(C)Oc2cc(C(F)(F)F)c(C(=O)OC)cc21. The third-order valence-corrected chi connectivity index (χ3v) is 10.1. The van der Waals surface area contributed by atoms with Gasteiger partial charge in [0.2, 0.25) is 0 Å². The molecule has 0 unspecified atom stereocenters. The number of esters is 1. The maximum Gasteiger partial charge on any atom is 0.417 e. The van der Waals surface area contributed by atoms with Crippen LogP contribution in [0.25, 0.3) is 0 Å². The van der Waals surface area contributed by atoms with Gasteiger partial charge in [0.15, 0.2) is 11.2 Å². The van der Waals surface area contributed by atoms with Gasteiger partial charge in [-0.3, -0.25) is 14.4 Å². The molecular weight excluding hydrogens is 772 g/mol. The number of halogens is 6. The molecule has 2 aromatic rings. The number of ether oxygens (including phenoxy) is 3. The van der Waals surface area contributed by atoms with Gasteiger partial charge in [-0.1, -0.05) is 31.4 Å². The molecule has 1 aliphatic carbocycles. The summed E-state index contributed by atoms with van der Waals surface area (Å²) in [7, 11) is 0.988. The van der Waals surface area contributed by atoms with Crippen LogP contribution in [-0.4, -0.2) is 72.1 Å². The molecule has 3 aliphatic rings. The molecule has 318 valence electrons. The summed E-state index contributed by atoms with van der Waals surface area (Å²) in [6.45, 7) is 17.3. The molecule has 0 N–H and O–H groups in total. The summed E-state index contributed by atoms with van der Waals surface area (Å²) in [5.74, 6) is -2.76. The summed E-state index contributed by atoms with van der Waals surface area (Å²) >= 11 is 0. The van der Waals surface area contributed by atoms with E-state index in [-0.39, 0.29) is 54.0 Å². The van der Waals surface area contributed by atoms with Crippen molar-refractivity contribution in [1.29, 1.82) is 0 Å². The second-order valence-corrected chi connectivity index (χ2v) is 15.6. The van der Waals surface area contributed by atoms with Crippen molar-refractivity contribution in [3.63, 3.8) is 0 Å². The van der Waals surface area contributed by atoms with Gasteiger partial charge >= 0.3 is 18.3 Å². The van der Waals surface area contributed by atoms with E-state index in [1.54, 1.807) is 17.1 Å². The number of benzene rings is 2. The molecule has 2 aliphatic heterocycles. The Morgan fingerprint density at radius 3 is 1.59 bits per heavy atom. The van der Waals surface area contributed by atoms with E-state index in [9.17, 15) is 45.5 Å². The molecule has 0 saturated heterocycles. The van der Waals surface area contributed by atoms with Gasteiger partial charge in [-0.25, -0.2) is 4.79 Å². The van der Waals surface area contributed by atoms with Crippen LogP contribution < -0.4 is 19.3 Å². The average molecular weight is 824 g/mol. The minimum atomic E-state index is -4.78. The number of carbonyl (C=O) groups is 4. The highest BCUT2D eigenvalue weighted by Gasteiger charge is 2.46. The normalized spacial score (nSPS) is 17.6. The van der Waals surface area contributed by atoms with Crippen LogP contribution in [0.2, 0.25) is 0 Å². The number of nitrogens with zero attached hydrogens (tertiary/aromatic N) is 3. The number of alkyl halides is 6. The molecule has 0 radical (unpaired) electrons. The number of hydrogen-bond acceptors (Lipinski definition) is 7. The summed E-state index contributed by atoms with van der Waals surface area (Å²) in [4.78, 5) is 55.3. The van der Waals surface area contributed by atoms with Crippen molar-refractivity contribution in [2.75, 3.05) is 30.0 Å². The molecule has 58 heavy (non-hydrogen) atoms. The largest absolute Gasteiger partial charge is 0.476 e. The standard InChI is InChI=1S/C25H33F3N2O3.C17H18F3NO4/c1-6-7-13-29-20-14-18(22(31)30(16(2)3)17-11-9-8-10-12-17)19(25(26,27)28)15-21(20)33-24(4,5)23(29)32;1-5-6-7-21-12-8-10(14(22)24-4)11(17(18,19)20)9-13(12)25-16(2,3)15(21)23/h6,14-17H,1,7-13H2,2-5H3;5,8-9H,1,6-7H2,2-4H3. The predicted octanol–water partition coefficient (Wildman–Crippen LogP) is 9.54. The van der Waals surface area contributed by atoms with Crippen molar-refractivity contribution >= 4 is 35.1 Å². The second-order valence-electron chi connectivity index (χ2n) is 15.6. The van der Waals surface area contributed by atoms with Crippen molar-refractivity contribution in [3.05, 3.63) is 71.8 Å². The number of hydrogen-bond donors (Lipinski definition) is 0. The first-order valence-corrected chi connectivity index (χ1v) is 19.1. The zero-order valence-electron chi connectivity index (χ0n) is 33.9. The van der Waals surface area contributed by atoms with Crippen LogP contribution in [0.4, 0.5) is 37.7 Å². The van der Waals surface area contributed by atoms with Gasteiger partial charge < -0.3 is 28.9 Å². The number of amides is 3. The van der Waals surface area contributed by atoms with Crippen molar-refractivity contribution in [3.8, 4) is 11.5 Å². The van der Waals surface area contributed by atoms with E-state index in [1.807, 2.05) is 13.8 Å². The van der Waals surface area contributed by atoms with Gasteiger partial charge in [-0.15, -0.1) is 13.2 Å². The molecule has 3 amide bonds. The van der Waals surface area contributed by atoms with E-state index in [1.165, 1.54) is 43.6 Å². The van der Waals surface area contributed by atoms with Gasteiger partial charge in [0.25, 0.3) is 17.7 Å². The van der Waals surface area contributed by atoms with Gasteiger partial charge in [0.05, 0.1) is 40.7 Å². The van der Waals surface area contributed by atoms with Gasteiger partial charge in [0.1, 0.15) is 11.5 Å². The molecule has 10 nitrogen and oxygen atoms in total. The van der Waals surface area contributed by atoms with Gasteiger partial charge in [-0.2, -0.15) is 26.3 Å². The minimum absolute atomic E-state index is 0.0544. The molecular formula is C42H51F6N3O7. The highest BCUT2D eigenvalue weighted by molar-refractivity contribution is 6.06. The lowest BCUT2D eigenvalue weighted by Crippen LogP contribution is -2.53. The molecule has 0 atom stereocenters. The molecule has 0 spiro atoms. The van der Waals surface area contributed by atoms with E-state index in [2.05, 4.69) is 17.9 Å². The first-order chi connectivity index (χ1) is 26.9. The first-order valence-electron chi connectivity index (χ1n) is 19.1. The van der Waals surface area contributed by atoms with Crippen LogP contribution in [0.15, 0.2) is 49.6 Å². The second kappa shape index (κ2) is 17.5. The molecule has 1 saturated carbocycles. The van der Waals surface area contributed by atoms with Crippen LogP contribution >= 0.6 is 0 Å². The number of anilines is 2. The predicted molar refractivity (Wildman–Crippen MR) is 206 cm³/mol. The third-order valence-electron chi connectivity index (χ3n) is 10.1. The van der Waals surface area contributed by atoms with E-state index in [4.69, 9.17) is 9.47 Å². The van der Waals surface area contributed by atoms with Crippen LogP contribution in [0.1, 0.15) is 118 Å². The molecule has 0 bridgehead atoms. The van der Waals surface area contributed by atoms with Gasteiger partial charge in [-0.05, 0) is 91.5 Å². The summed E-state index contributed by atoms with van der Waals surface area (Å²) in [6.07, 6.45) is -0.923. The summed E-state index contributed by atoms with van der Waals surface area (Å²) < 4.78 is 98.0. The van der Waals surface area contributed by atoms with Crippen molar-refractivity contribution in [2.24, 2.45) is 0 Å². The van der Waals surface area contributed by atoms with E-state index < -0.39 is 63.6 Å². The molecule has 2 aromatic carbocycles. The molecule has 16 heteroatoms. The zero-order chi connectivity index (χ0) is 43.5. The van der Waals surface area contributed by atoms with Crippen LogP contribution in [0.5, 0.6) is 11.5 Å². The van der Waals surface area contributed by atoms with Crippen molar-refractivity contribution in [2.45, 2.75) is 122 Å². The zero-order valence-corrected chi connectivity index (χ0v) is 33.9. The van der Waals surface area contributed by atoms with Crippen molar-refractivity contribution in [1.82, 2.24) is 4.90 Å². The Labute approximate surface area is 334 Å². The maximum atomic E-state index is 14.1. The minimum Gasteiger partial charge on any atom is -0.476 e. The Hall–Kier alpha value is -5.02. The van der Waals surface area contributed by atoms with Crippen molar-refractivity contribution < 1.29 is 59.7 Å². The monoisotopic (exact) mass is 823 g/mol. The number of carbonyl (C=O) groups excluding carboxylic acids is 4. The summed E-state index contributed by atoms with van der Waals surface area (Å²) in [6, 6.07) is 3.42. The Morgan fingerprint density at radius 1 is 0.793 bits per heavy atom. The highest BCUT2D eigenvalue weighted by Crippen LogP contribution is 2.46. The molecule has 2 heterocycles. The summed E-state index contributed by atoms with van der Waals surface area (Å²) in [5.41, 5.74) is -5.70. The quantitative estimate of drug-likeness (QED) is 0.134. The lowest BCUT2D eigenvalue weighted by molar-refractivity contribution is -0.139. The fourth-order valence-corrected chi connectivity index (χ4v) is 7.36. The Kier molecular flexibility index (Phi) is 13.7. The highest BCUT2D eigenvalue weighted by atomic mass is 19.4. The molecule has 5 rings (SSSR count). The maximum absolute atomic E-state index is 14.1. The van der Waals surface area contributed by atoms with E-state index in [0.717, 1.165) is 57.4 Å². The average Bonchev–Trinajstić information content (AvgIpc) is 3.13. The van der Waals surface area contributed by atoms with E-state index >= 15 is 0 Å². The first kappa shape index (κ1) is 45.7. The fraction of sp³-hybridized carbons (Fsp3) is 0.524. The van der Waals surface area contributed by atoms with Crippen LogP contribution in [0, 0.1) is 0 Å².